The maximum Gasteiger partial charge on any atom is 0.416 e. The number of alkyl halides is 3. The molecule has 0 unspecified atom stereocenters. The monoisotopic (exact) mass is 449 g/mol. The lowest BCUT2D eigenvalue weighted by atomic mass is 9.83. The van der Waals surface area contributed by atoms with Gasteiger partial charge in [0, 0.05) is 45.5 Å². The minimum Gasteiger partial charge on any atom is -0.385 e. The van der Waals surface area contributed by atoms with Gasteiger partial charge in [-0.05, 0) is 42.7 Å². The van der Waals surface area contributed by atoms with Crippen molar-refractivity contribution in [1.82, 2.24) is 20.0 Å². The number of halogens is 3. The van der Waals surface area contributed by atoms with Crippen LogP contribution in [0.5, 0.6) is 0 Å². The second-order valence-electron chi connectivity index (χ2n) is 8.34. The maximum atomic E-state index is 13.0. The van der Waals surface area contributed by atoms with Crippen LogP contribution in [0.25, 0.3) is 0 Å². The highest BCUT2D eigenvalue weighted by atomic mass is 19.4. The zero-order valence-electron chi connectivity index (χ0n) is 17.6. The topological polar surface area (TPSA) is 72.8 Å². The van der Waals surface area contributed by atoms with E-state index in [9.17, 15) is 23.1 Å². The predicted octanol–water partition coefficient (Wildman–Crippen LogP) is 2.13. The summed E-state index contributed by atoms with van der Waals surface area (Å²) in [5.41, 5.74) is -1.89. The lowest BCUT2D eigenvalue weighted by Gasteiger charge is -2.40. The molecule has 1 aromatic carbocycles. The number of rotatable bonds is 4. The molecule has 0 atom stereocenters. The van der Waals surface area contributed by atoms with Gasteiger partial charge in [-0.2, -0.15) is 18.3 Å². The molecule has 10 heteroatoms. The molecule has 3 heterocycles. The summed E-state index contributed by atoms with van der Waals surface area (Å²) in [5, 5.41) is 19.0. The minimum absolute atomic E-state index is 0.0240. The highest BCUT2D eigenvalue weighted by Gasteiger charge is 2.38. The van der Waals surface area contributed by atoms with E-state index in [4.69, 9.17) is 0 Å². The van der Waals surface area contributed by atoms with Crippen LogP contribution >= 0.6 is 0 Å². The van der Waals surface area contributed by atoms with E-state index in [-0.39, 0.29) is 30.9 Å². The Bertz CT molecular complexity index is 925. The summed E-state index contributed by atoms with van der Waals surface area (Å²) in [7, 11) is 0. The number of carbonyl (C=O) groups is 1. The van der Waals surface area contributed by atoms with Gasteiger partial charge in [-0.3, -0.25) is 9.69 Å². The Hall–Kier alpha value is -2.72. The van der Waals surface area contributed by atoms with Crippen molar-refractivity contribution in [2.75, 3.05) is 50.7 Å². The number of aliphatic hydroxyl groups is 1. The molecule has 0 saturated carbocycles. The molecule has 172 valence electrons. The Kier molecular flexibility index (Phi) is 6.34. The zero-order valence-corrected chi connectivity index (χ0v) is 17.6. The molecule has 2 saturated heterocycles. The predicted molar refractivity (Wildman–Crippen MR) is 112 cm³/mol. The third-order valence-corrected chi connectivity index (χ3v) is 6.28. The van der Waals surface area contributed by atoms with Crippen LogP contribution in [-0.2, 0) is 16.6 Å². The molecule has 0 spiro atoms. The molecular formula is C22H26F3N5O2. The normalized spacial score (nSPS) is 19.8. The molecule has 2 aliphatic rings. The van der Waals surface area contributed by atoms with Gasteiger partial charge < -0.3 is 14.9 Å². The van der Waals surface area contributed by atoms with Gasteiger partial charge in [-0.25, -0.2) is 0 Å². The van der Waals surface area contributed by atoms with Gasteiger partial charge in [0.25, 0.3) is 0 Å². The van der Waals surface area contributed by atoms with E-state index < -0.39 is 17.3 Å². The van der Waals surface area contributed by atoms with E-state index in [1.54, 1.807) is 11.1 Å². The lowest BCUT2D eigenvalue weighted by molar-refractivity contribution is -0.137. The summed E-state index contributed by atoms with van der Waals surface area (Å²) in [4.78, 5) is 18.7. The van der Waals surface area contributed by atoms with Gasteiger partial charge in [-0.1, -0.05) is 12.1 Å². The number of hydrogen-bond donors (Lipinski definition) is 1. The summed E-state index contributed by atoms with van der Waals surface area (Å²) < 4.78 is 39.1. The second kappa shape index (κ2) is 9.03. The molecule has 1 N–H and O–H groups in total. The number of carbonyl (C=O) groups excluding carboxylic acids is 1. The fourth-order valence-electron chi connectivity index (χ4n) is 4.29. The number of nitrogens with zero attached hydrogens (tertiary/aromatic N) is 5. The Balaban J connectivity index is 1.29. The van der Waals surface area contributed by atoms with E-state index in [2.05, 4.69) is 20.0 Å². The lowest BCUT2D eigenvalue weighted by Crippen LogP contribution is -2.52. The Morgan fingerprint density at radius 1 is 1.03 bits per heavy atom. The Morgan fingerprint density at radius 3 is 2.38 bits per heavy atom. The van der Waals surface area contributed by atoms with Crippen molar-refractivity contribution < 1.29 is 23.1 Å². The third-order valence-electron chi connectivity index (χ3n) is 6.28. The Morgan fingerprint density at radius 2 is 1.75 bits per heavy atom. The molecule has 2 aliphatic heterocycles. The van der Waals surface area contributed by atoms with Crippen molar-refractivity contribution >= 4 is 11.7 Å². The van der Waals surface area contributed by atoms with Crippen LogP contribution in [0.15, 0.2) is 42.6 Å². The van der Waals surface area contributed by atoms with Crippen molar-refractivity contribution in [3.05, 3.63) is 53.7 Å². The summed E-state index contributed by atoms with van der Waals surface area (Å²) in [5.74, 6) is 0.799. The Labute approximate surface area is 184 Å². The van der Waals surface area contributed by atoms with Crippen LogP contribution in [0.1, 0.15) is 24.0 Å². The standard InChI is InChI=1S/C22H26F3N5O2/c23-22(24,25)18-4-1-3-17(15-18)21(32)6-9-30(10-7-21)20(31)16-28-11-13-29(14-12-28)19-5-2-8-26-27-19/h1-5,8,15,32H,6-7,9-14,16H2. The SMILES string of the molecule is O=C(CN1CCN(c2cccnn2)CC1)N1CCC(O)(c2cccc(C(F)(F)F)c2)CC1. The average molecular weight is 449 g/mol. The molecule has 0 radical (unpaired) electrons. The van der Waals surface area contributed by atoms with Crippen LogP contribution in [0, 0.1) is 0 Å². The largest absolute Gasteiger partial charge is 0.416 e. The first-order valence-corrected chi connectivity index (χ1v) is 10.7. The summed E-state index contributed by atoms with van der Waals surface area (Å²) in [6.45, 7) is 3.86. The number of piperidine rings is 1. The van der Waals surface area contributed by atoms with Crippen LogP contribution in [0.2, 0.25) is 0 Å². The van der Waals surface area contributed by atoms with Gasteiger partial charge in [0.15, 0.2) is 5.82 Å². The summed E-state index contributed by atoms with van der Waals surface area (Å²) in [6, 6.07) is 8.59. The molecule has 0 bridgehead atoms. The molecule has 1 amide bonds. The number of hydrogen-bond acceptors (Lipinski definition) is 6. The fraction of sp³-hybridized carbons (Fsp3) is 0.500. The molecule has 1 aromatic heterocycles. The number of amides is 1. The van der Waals surface area contributed by atoms with Gasteiger partial charge in [0.05, 0.1) is 17.7 Å². The molecule has 2 aromatic rings. The first kappa shape index (κ1) is 22.5. The highest BCUT2D eigenvalue weighted by molar-refractivity contribution is 5.78. The molecule has 7 nitrogen and oxygen atoms in total. The molecular weight excluding hydrogens is 423 g/mol. The molecule has 0 aliphatic carbocycles. The van der Waals surface area contributed by atoms with Crippen molar-refractivity contribution in [2.45, 2.75) is 24.6 Å². The van der Waals surface area contributed by atoms with Gasteiger partial charge in [0.1, 0.15) is 0 Å². The fourth-order valence-corrected chi connectivity index (χ4v) is 4.29. The third kappa shape index (κ3) is 5.02. The minimum atomic E-state index is -4.46. The van der Waals surface area contributed by atoms with E-state index in [1.165, 1.54) is 12.1 Å². The number of anilines is 1. The number of likely N-dealkylation sites (tertiary alicyclic amines) is 1. The van der Waals surface area contributed by atoms with Crippen LogP contribution in [-0.4, -0.2) is 76.8 Å². The van der Waals surface area contributed by atoms with Crippen LogP contribution < -0.4 is 4.90 Å². The molecule has 32 heavy (non-hydrogen) atoms. The first-order valence-electron chi connectivity index (χ1n) is 10.7. The van der Waals surface area contributed by atoms with Crippen molar-refractivity contribution in [1.29, 1.82) is 0 Å². The smallest absolute Gasteiger partial charge is 0.385 e. The van der Waals surface area contributed by atoms with Gasteiger partial charge in [0.2, 0.25) is 5.91 Å². The number of benzene rings is 1. The number of piperazine rings is 1. The van der Waals surface area contributed by atoms with E-state index >= 15 is 0 Å². The molecule has 2 fully saturated rings. The van der Waals surface area contributed by atoms with Crippen molar-refractivity contribution in [3.8, 4) is 0 Å². The van der Waals surface area contributed by atoms with Crippen LogP contribution in [0.3, 0.4) is 0 Å². The van der Waals surface area contributed by atoms with Gasteiger partial charge in [-0.15, -0.1) is 5.10 Å². The molecule has 4 rings (SSSR count). The first-order chi connectivity index (χ1) is 15.2. The van der Waals surface area contributed by atoms with Crippen molar-refractivity contribution in [3.63, 3.8) is 0 Å². The van der Waals surface area contributed by atoms with Crippen LogP contribution in [0.4, 0.5) is 19.0 Å². The second-order valence-corrected chi connectivity index (χ2v) is 8.34. The maximum absolute atomic E-state index is 13.0. The van der Waals surface area contributed by atoms with Gasteiger partial charge >= 0.3 is 6.18 Å². The summed E-state index contributed by atoms with van der Waals surface area (Å²) in [6.07, 6.45) is -2.41. The number of aromatic nitrogens is 2. The van der Waals surface area contributed by atoms with E-state index in [0.29, 0.717) is 13.1 Å². The van der Waals surface area contributed by atoms with Crippen molar-refractivity contribution in [2.24, 2.45) is 0 Å². The zero-order chi connectivity index (χ0) is 22.8. The van der Waals surface area contributed by atoms with E-state index in [1.807, 2.05) is 12.1 Å². The summed E-state index contributed by atoms with van der Waals surface area (Å²) >= 11 is 0. The average Bonchev–Trinajstić information content (AvgIpc) is 2.80. The quantitative estimate of drug-likeness (QED) is 0.771. The highest BCUT2D eigenvalue weighted by Crippen LogP contribution is 2.36. The van der Waals surface area contributed by atoms with E-state index in [0.717, 1.165) is 44.1 Å².